The van der Waals surface area contributed by atoms with Crippen molar-refractivity contribution in [1.29, 1.82) is 0 Å². The summed E-state index contributed by atoms with van der Waals surface area (Å²) in [4.78, 5) is 11.6. The molecule has 1 aliphatic carbocycles. The third-order valence-corrected chi connectivity index (χ3v) is 5.84. The van der Waals surface area contributed by atoms with E-state index in [4.69, 9.17) is 19.9 Å². The summed E-state index contributed by atoms with van der Waals surface area (Å²) in [6.45, 7) is 1.63. The maximum atomic E-state index is 6.34. The quantitative estimate of drug-likeness (QED) is 0.347. The maximum absolute atomic E-state index is 6.34. The number of furan rings is 1. The Morgan fingerprint density at radius 2 is 1.76 bits per heavy atom. The van der Waals surface area contributed by atoms with Crippen LogP contribution >= 0.6 is 0 Å². The van der Waals surface area contributed by atoms with Crippen molar-refractivity contribution >= 4 is 17.4 Å². The Hall–Kier alpha value is -4.33. The van der Waals surface area contributed by atoms with Crippen LogP contribution in [0.2, 0.25) is 0 Å². The van der Waals surface area contributed by atoms with Gasteiger partial charge in [-0.2, -0.15) is 14.5 Å². The summed E-state index contributed by atoms with van der Waals surface area (Å²) in [5.74, 6) is 5.08. The molecule has 8 nitrogen and oxygen atoms in total. The minimum atomic E-state index is 0.453. The first-order valence-corrected chi connectivity index (χ1v) is 11.4. The summed E-state index contributed by atoms with van der Waals surface area (Å²) in [5.41, 5.74) is 7.51. The number of fused-ring (bicyclic) bond motifs is 1. The molecule has 34 heavy (non-hydrogen) atoms. The molecule has 3 aromatic heterocycles. The van der Waals surface area contributed by atoms with Gasteiger partial charge in [-0.25, -0.2) is 0 Å². The van der Waals surface area contributed by atoms with Gasteiger partial charge in [0.2, 0.25) is 5.82 Å². The van der Waals surface area contributed by atoms with Gasteiger partial charge in [0.15, 0.2) is 5.76 Å². The van der Waals surface area contributed by atoms with Crippen molar-refractivity contribution in [3.8, 4) is 23.1 Å². The van der Waals surface area contributed by atoms with E-state index in [-0.39, 0.29) is 0 Å². The second-order valence-electron chi connectivity index (χ2n) is 8.55. The predicted octanol–water partition coefficient (Wildman–Crippen LogP) is 5.18. The number of nitrogen functional groups attached to an aromatic ring is 1. The van der Waals surface area contributed by atoms with Crippen LogP contribution in [-0.4, -0.2) is 26.1 Å². The molecule has 0 bridgehead atoms. The van der Waals surface area contributed by atoms with E-state index >= 15 is 0 Å². The lowest BCUT2D eigenvalue weighted by atomic mass is 10.2. The van der Waals surface area contributed by atoms with Gasteiger partial charge >= 0.3 is 0 Å². The Bertz CT molecular complexity index is 1390. The first-order valence-electron chi connectivity index (χ1n) is 11.4. The molecule has 3 heterocycles. The first kappa shape index (κ1) is 20.3. The van der Waals surface area contributed by atoms with Crippen LogP contribution in [0.4, 0.5) is 11.6 Å². The van der Waals surface area contributed by atoms with E-state index < -0.39 is 0 Å². The van der Waals surface area contributed by atoms with Crippen LogP contribution in [0.25, 0.3) is 17.4 Å². The second-order valence-corrected chi connectivity index (χ2v) is 8.55. The van der Waals surface area contributed by atoms with Crippen molar-refractivity contribution in [2.24, 2.45) is 5.92 Å². The summed E-state index contributed by atoms with van der Waals surface area (Å²) in [5, 5.41) is 4.45. The van der Waals surface area contributed by atoms with Gasteiger partial charge in [-0.1, -0.05) is 30.3 Å². The average molecular weight is 453 g/mol. The Morgan fingerprint density at radius 3 is 2.50 bits per heavy atom. The summed E-state index contributed by atoms with van der Waals surface area (Å²) in [6.07, 6.45) is 4.08. The van der Waals surface area contributed by atoms with Crippen LogP contribution in [-0.2, 0) is 6.54 Å². The van der Waals surface area contributed by atoms with Crippen LogP contribution in [0.3, 0.4) is 0 Å². The zero-order chi connectivity index (χ0) is 22.9. The van der Waals surface area contributed by atoms with Crippen molar-refractivity contribution in [3.63, 3.8) is 0 Å². The fourth-order valence-electron chi connectivity index (χ4n) is 3.91. The molecule has 0 unspecified atom stereocenters. The molecule has 0 spiro atoms. The highest BCUT2D eigenvalue weighted by molar-refractivity contribution is 5.57. The van der Waals surface area contributed by atoms with Crippen molar-refractivity contribution in [2.45, 2.75) is 19.4 Å². The third kappa shape index (κ3) is 4.30. The number of ether oxygens (including phenoxy) is 1. The number of benzene rings is 2. The highest BCUT2D eigenvalue weighted by Crippen LogP contribution is 2.32. The molecule has 0 amide bonds. The molecule has 8 heteroatoms. The van der Waals surface area contributed by atoms with Crippen LogP contribution in [0, 0.1) is 5.92 Å². The lowest BCUT2D eigenvalue weighted by Crippen LogP contribution is -2.26. The number of aromatic nitrogens is 4. The van der Waals surface area contributed by atoms with Gasteiger partial charge in [0, 0.05) is 19.2 Å². The molecule has 2 N–H and O–H groups in total. The van der Waals surface area contributed by atoms with Crippen molar-refractivity contribution < 1.29 is 9.15 Å². The van der Waals surface area contributed by atoms with Gasteiger partial charge in [-0.05, 0) is 60.7 Å². The fraction of sp³-hybridized carbons (Fsp3) is 0.192. The van der Waals surface area contributed by atoms with Crippen molar-refractivity contribution in [2.75, 3.05) is 17.2 Å². The largest absolute Gasteiger partial charge is 0.461 e. The normalized spacial score (nSPS) is 13.3. The van der Waals surface area contributed by atoms with E-state index in [2.05, 4.69) is 27.1 Å². The number of nitrogens with zero attached hydrogens (tertiary/aromatic N) is 5. The number of hydrogen-bond acceptors (Lipinski definition) is 7. The van der Waals surface area contributed by atoms with E-state index in [0.29, 0.717) is 35.6 Å². The van der Waals surface area contributed by atoms with E-state index in [1.807, 2.05) is 54.6 Å². The molecule has 2 aromatic carbocycles. The number of para-hydroxylation sites is 1. The van der Waals surface area contributed by atoms with Crippen LogP contribution in [0.5, 0.6) is 11.5 Å². The van der Waals surface area contributed by atoms with Crippen molar-refractivity contribution in [1.82, 2.24) is 19.6 Å². The topological polar surface area (TPSA) is 94.7 Å². The molecule has 0 saturated heterocycles. The third-order valence-electron chi connectivity index (χ3n) is 5.84. The monoisotopic (exact) mass is 452 g/mol. The standard InChI is InChI=1S/C26H24N6O2/c27-23-15-24(28-26-29-25(30-32(23)26)22-7-4-14-33-22)31(16-18-8-9-18)17-19-10-12-21(13-11-19)34-20-5-2-1-3-6-20/h1-7,10-15,18H,8-9,16-17,27H2. The first-order chi connectivity index (χ1) is 16.7. The lowest BCUT2D eigenvalue weighted by molar-refractivity contribution is 0.482. The SMILES string of the molecule is Nc1cc(N(Cc2ccc(Oc3ccccc3)cc2)CC2CC2)nc2nc(-c3ccco3)nn12. The van der Waals surface area contributed by atoms with Crippen LogP contribution in [0.15, 0.2) is 83.5 Å². The number of rotatable bonds is 8. The Morgan fingerprint density at radius 1 is 0.971 bits per heavy atom. The number of anilines is 2. The van der Waals surface area contributed by atoms with Gasteiger partial charge in [0.25, 0.3) is 5.78 Å². The maximum Gasteiger partial charge on any atom is 0.256 e. The smallest absolute Gasteiger partial charge is 0.256 e. The average Bonchev–Trinajstić information content (AvgIpc) is 3.31. The van der Waals surface area contributed by atoms with Gasteiger partial charge < -0.3 is 19.8 Å². The molecule has 5 aromatic rings. The minimum absolute atomic E-state index is 0.453. The molecule has 0 radical (unpaired) electrons. The van der Waals surface area contributed by atoms with E-state index in [0.717, 1.165) is 23.9 Å². The molecule has 170 valence electrons. The number of nitrogens with two attached hydrogens (primary N) is 1. The van der Waals surface area contributed by atoms with E-state index in [1.165, 1.54) is 18.4 Å². The summed E-state index contributed by atoms with van der Waals surface area (Å²) in [7, 11) is 0. The predicted molar refractivity (Wildman–Crippen MR) is 130 cm³/mol. The molecule has 6 rings (SSSR count). The molecular weight excluding hydrogens is 428 g/mol. The molecular formula is C26H24N6O2. The fourth-order valence-corrected chi connectivity index (χ4v) is 3.91. The van der Waals surface area contributed by atoms with E-state index in [9.17, 15) is 0 Å². The Balaban J connectivity index is 1.26. The molecule has 0 atom stereocenters. The summed E-state index contributed by atoms with van der Waals surface area (Å²) < 4.78 is 12.9. The van der Waals surface area contributed by atoms with Crippen molar-refractivity contribution in [3.05, 3.63) is 84.6 Å². The van der Waals surface area contributed by atoms with Crippen LogP contribution < -0.4 is 15.4 Å². The van der Waals surface area contributed by atoms with Crippen LogP contribution in [0.1, 0.15) is 18.4 Å². The second kappa shape index (κ2) is 8.55. The van der Waals surface area contributed by atoms with E-state index in [1.54, 1.807) is 16.8 Å². The number of hydrogen-bond donors (Lipinski definition) is 1. The van der Waals surface area contributed by atoms with Gasteiger partial charge in [-0.3, -0.25) is 0 Å². The Labute approximate surface area is 196 Å². The zero-order valence-corrected chi connectivity index (χ0v) is 18.5. The van der Waals surface area contributed by atoms with Gasteiger partial charge in [0.05, 0.1) is 6.26 Å². The Kier molecular flexibility index (Phi) is 5.10. The zero-order valence-electron chi connectivity index (χ0n) is 18.5. The highest BCUT2D eigenvalue weighted by atomic mass is 16.5. The lowest BCUT2D eigenvalue weighted by Gasteiger charge is -2.24. The van der Waals surface area contributed by atoms with Gasteiger partial charge in [0.1, 0.15) is 23.1 Å². The molecule has 1 fully saturated rings. The highest BCUT2D eigenvalue weighted by Gasteiger charge is 2.26. The summed E-state index contributed by atoms with van der Waals surface area (Å²) in [6, 6.07) is 23.4. The molecule has 0 aliphatic heterocycles. The molecule has 1 aliphatic rings. The minimum Gasteiger partial charge on any atom is -0.461 e. The van der Waals surface area contributed by atoms with Gasteiger partial charge in [-0.15, -0.1) is 5.10 Å². The molecule has 1 saturated carbocycles. The summed E-state index contributed by atoms with van der Waals surface area (Å²) >= 11 is 0.